The minimum Gasteiger partial charge on any atom is -0.496 e. The maximum absolute atomic E-state index is 12.8. The minimum absolute atomic E-state index is 0.0546. The van der Waals surface area contributed by atoms with Crippen LogP contribution in [0.25, 0.3) is 10.8 Å². The zero-order valence-electron chi connectivity index (χ0n) is 20.4. The molecular formula is C27H31N3O5. The summed E-state index contributed by atoms with van der Waals surface area (Å²) in [5.41, 5.74) is 3.54. The van der Waals surface area contributed by atoms with Crippen LogP contribution in [0.4, 0.5) is 4.79 Å². The van der Waals surface area contributed by atoms with Crippen molar-refractivity contribution in [2.24, 2.45) is 5.10 Å². The van der Waals surface area contributed by atoms with E-state index in [0.29, 0.717) is 6.61 Å². The fourth-order valence-electron chi connectivity index (χ4n) is 3.33. The highest BCUT2D eigenvalue weighted by molar-refractivity contribution is 6.02. The van der Waals surface area contributed by atoms with Crippen LogP contribution in [-0.4, -0.2) is 43.6 Å². The summed E-state index contributed by atoms with van der Waals surface area (Å²) >= 11 is 0. The van der Waals surface area contributed by atoms with Crippen molar-refractivity contribution in [3.05, 3.63) is 77.9 Å². The number of fused-ring (bicyclic) bond motifs is 1. The monoisotopic (exact) mass is 477 g/mol. The van der Waals surface area contributed by atoms with Crippen molar-refractivity contribution >= 4 is 29.0 Å². The van der Waals surface area contributed by atoms with Gasteiger partial charge in [0.2, 0.25) is 0 Å². The number of nitrogens with one attached hydrogen (secondary N) is 2. The molecule has 0 bridgehead atoms. The third-order valence-electron chi connectivity index (χ3n) is 4.92. The smallest absolute Gasteiger partial charge is 0.408 e. The van der Waals surface area contributed by atoms with Gasteiger partial charge in [0.05, 0.1) is 26.5 Å². The molecule has 0 aliphatic carbocycles. The molecule has 0 saturated carbocycles. The van der Waals surface area contributed by atoms with Crippen molar-refractivity contribution in [1.29, 1.82) is 0 Å². The Balaban J connectivity index is 1.68. The Morgan fingerprint density at radius 2 is 1.66 bits per heavy atom. The average molecular weight is 478 g/mol. The van der Waals surface area contributed by atoms with Gasteiger partial charge in [-0.1, -0.05) is 54.6 Å². The van der Waals surface area contributed by atoms with Gasteiger partial charge < -0.3 is 19.5 Å². The van der Waals surface area contributed by atoms with Crippen molar-refractivity contribution in [1.82, 2.24) is 10.7 Å². The molecule has 184 valence electrons. The molecule has 0 aromatic heterocycles. The molecule has 3 aromatic rings. The number of benzene rings is 3. The van der Waals surface area contributed by atoms with Gasteiger partial charge in [-0.25, -0.2) is 10.2 Å². The molecule has 3 rings (SSSR count). The summed E-state index contributed by atoms with van der Waals surface area (Å²) in [7, 11) is 1.62. The Morgan fingerprint density at radius 1 is 0.971 bits per heavy atom. The molecule has 0 aliphatic rings. The fourth-order valence-corrected chi connectivity index (χ4v) is 3.33. The average Bonchev–Trinajstić information content (AvgIpc) is 2.83. The lowest BCUT2D eigenvalue weighted by atomic mass is 10.0. The molecular weight excluding hydrogens is 446 g/mol. The number of nitrogens with zero attached hydrogens (tertiary/aromatic N) is 1. The third kappa shape index (κ3) is 7.82. The first-order chi connectivity index (χ1) is 16.8. The summed E-state index contributed by atoms with van der Waals surface area (Å²) in [6.07, 6.45) is 0.834. The summed E-state index contributed by atoms with van der Waals surface area (Å²) in [6, 6.07) is 20.0. The topological polar surface area (TPSA) is 98.3 Å². The van der Waals surface area contributed by atoms with Gasteiger partial charge in [0.1, 0.15) is 17.4 Å². The van der Waals surface area contributed by atoms with Crippen molar-refractivity contribution in [2.75, 3.05) is 13.7 Å². The third-order valence-corrected chi connectivity index (χ3v) is 4.92. The van der Waals surface area contributed by atoms with E-state index in [2.05, 4.69) is 15.8 Å². The van der Waals surface area contributed by atoms with Crippen LogP contribution < -0.4 is 15.5 Å². The van der Waals surface area contributed by atoms with E-state index in [1.807, 2.05) is 66.7 Å². The number of rotatable bonds is 9. The van der Waals surface area contributed by atoms with Crippen molar-refractivity contribution in [3.8, 4) is 5.75 Å². The fraction of sp³-hybridized carbons (Fsp3) is 0.296. The highest BCUT2D eigenvalue weighted by Gasteiger charge is 2.24. The predicted molar refractivity (Wildman–Crippen MR) is 135 cm³/mol. The van der Waals surface area contributed by atoms with Crippen LogP contribution in [-0.2, 0) is 20.9 Å². The van der Waals surface area contributed by atoms with Crippen molar-refractivity contribution < 1.29 is 23.8 Å². The minimum atomic E-state index is -1.00. The second-order valence-electron chi connectivity index (χ2n) is 8.84. The van der Waals surface area contributed by atoms with E-state index in [9.17, 15) is 9.59 Å². The van der Waals surface area contributed by atoms with Gasteiger partial charge in [0.15, 0.2) is 0 Å². The van der Waals surface area contributed by atoms with Crippen LogP contribution in [0.3, 0.4) is 0 Å². The van der Waals surface area contributed by atoms with E-state index < -0.39 is 23.6 Å². The number of carbonyl (C=O) groups is 2. The molecule has 35 heavy (non-hydrogen) atoms. The molecule has 8 nitrogen and oxygen atoms in total. The molecule has 2 amide bonds. The second-order valence-corrected chi connectivity index (χ2v) is 8.84. The number of hydrogen-bond donors (Lipinski definition) is 2. The van der Waals surface area contributed by atoms with Crippen LogP contribution in [0.1, 0.15) is 31.9 Å². The number of carbonyl (C=O) groups excluding carboxylic acids is 2. The molecule has 1 atom stereocenters. The van der Waals surface area contributed by atoms with Crippen LogP contribution in [0.15, 0.2) is 71.8 Å². The first kappa shape index (κ1) is 25.7. The van der Waals surface area contributed by atoms with E-state index in [0.717, 1.165) is 27.6 Å². The Kier molecular flexibility index (Phi) is 8.80. The van der Waals surface area contributed by atoms with Crippen LogP contribution in [0.5, 0.6) is 5.75 Å². The predicted octanol–water partition coefficient (Wildman–Crippen LogP) is 4.41. The van der Waals surface area contributed by atoms with Gasteiger partial charge in [0.25, 0.3) is 5.91 Å². The Hall–Kier alpha value is -3.91. The zero-order chi connectivity index (χ0) is 25.3. The number of ether oxygens (including phenoxy) is 3. The zero-order valence-corrected chi connectivity index (χ0v) is 20.4. The standard InChI is InChI=1S/C27H31N3O5/c1-27(2,3)35-26(32)29-23(18-34-17-19-10-6-5-7-11-19)25(31)30-28-16-20-14-15-24(33-4)22-13-9-8-12-21(20)22/h5-16,23H,17-18H2,1-4H3,(H,29,32)(H,30,31)/b28-16-/t23-/m0/s1. The van der Waals surface area contributed by atoms with Crippen molar-refractivity contribution in [2.45, 2.75) is 39.0 Å². The first-order valence-electron chi connectivity index (χ1n) is 11.3. The van der Waals surface area contributed by atoms with Crippen LogP contribution in [0.2, 0.25) is 0 Å². The highest BCUT2D eigenvalue weighted by atomic mass is 16.6. The molecule has 2 N–H and O–H groups in total. The Morgan fingerprint density at radius 3 is 2.34 bits per heavy atom. The summed E-state index contributed by atoms with van der Waals surface area (Å²) in [5.74, 6) is 0.219. The maximum Gasteiger partial charge on any atom is 0.408 e. The SMILES string of the molecule is COc1ccc(/C=N\NC(=O)[C@H](COCc2ccccc2)NC(=O)OC(C)(C)C)c2ccccc12. The van der Waals surface area contributed by atoms with E-state index in [1.54, 1.807) is 34.1 Å². The van der Waals surface area contributed by atoms with Gasteiger partial charge in [-0.15, -0.1) is 0 Å². The van der Waals surface area contributed by atoms with Gasteiger partial charge in [0, 0.05) is 10.9 Å². The molecule has 0 heterocycles. The maximum atomic E-state index is 12.8. The van der Waals surface area contributed by atoms with E-state index in [-0.39, 0.29) is 6.61 Å². The summed E-state index contributed by atoms with van der Waals surface area (Å²) in [5, 5.41) is 8.53. The van der Waals surface area contributed by atoms with Crippen molar-refractivity contribution in [3.63, 3.8) is 0 Å². The molecule has 8 heteroatoms. The molecule has 0 fully saturated rings. The lowest BCUT2D eigenvalue weighted by Crippen LogP contribution is -2.49. The molecule has 0 unspecified atom stereocenters. The number of hydrazone groups is 1. The molecule has 3 aromatic carbocycles. The van der Waals surface area contributed by atoms with Gasteiger partial charge in [-0.3, -0.25) is 4.79 Å². The number of methoxy groups -OCH3 is 1. The number of alkyl carbamates (subject to hydrolysis) is 1. The van der Waals surface area contributed by atoms with Gasteiger partial charge in [-0.05, 0) is 43.9 Å². The van der Waals surface area contributed by atoms with E-state index >= 15 is 0 Å². The largest absolute Gasteiger partial charge is 0.496 e. The molecule has 0 radical (unpaired) electrons. The summed E-state index contributed by atoms with van der Waals surface area (Å²) in [6.45, 7) is 5.48. The van der Waals surface area contributed by atoms with E-state index in [4.69, 9.17) is 14.2 Å². The number of hydrogen-bond acceptors (Lipinski definition) is 6. The normalized spacial score (nSPS) is 12.3. The van der Waals surface area contributed by atoms with Crippen LogP contribution >= 0.6 is 0 Å². The Bertz CT molecular complexity index is 1170. The van der Waals surface area contributed by atoms with Gasteiger partial charge >= 0.3 is 6.09 Å². The molecule has 0 saturated heterocycles. The molecule has 0 spiro atoms. The highest BCUT2D eigenvalue weighted by Crippen LogP contribution is 2.27. The lowest BCUT2D eigenvalue weighted by Gasteiger charge is -2.22. The molecule has 0 aliphatic heterocycles. The van der Waals surface area contributed by atoms with E-state index in [1.165, 1.54) is 0 Å². The first-order valence-corrected chi connectivity index (χ1v) is 11.3. The second kappa shape index (κ2) is 12.0. The quantitative estimate of drug-likeness (QED) is 0.351. The van der Waals surface area contributed by atoms with Gasteiger partial charge in [-0.2, -0.15) is 5.10 Å². The summed E-state index contributed by atoms with van der Waals surface area (Å²) < 4.78 is 16.4. The lowest BCUT2D eigenvalue weighted by molar-refractivity contribution is -0.124. The van der Waals surface area contributed by atoms with Crippen LogP contribution in [0, 0.1) is 0 Å². The Labute approximate surface area is 205 Å². The summed E-state index contributed by atoms with van der Waals surface area (Å²) in [4.78, 5) is 25.1. The number of amides is 2.